The molecule has 0 radical (unpaired) electrons. The molecule has 0 spiro atoms. The molecular weight excluding hydrogens is 374 g/mol. The Labute approximate surface area is 177 Å². The fraction of sp³-hybridized carbons (Fsp3) is 0.292. The number of nitrogens with two attached hydrogens (primary N) is 1. The number of hydrogen-bond donors (Lipinski definition) is 1. The van der Waals surface area contributed by atoms with Gasteiger partial charge in [-0.1, -0.05) is 25.8 Å². The van der Waals surface area contributed by atoms with Crippen molar-refractivity contribution in [1.29, 1.82) is 0 Å². The summed E-state index contributed by atoms with van der Waals surface area (Å²) in [4.78, 5) is 4.70. The van der Waals surface area contributed by atoms with Crippen molar-refractivity contribution in [2.75, 3.05) is 12.8 Å². The van der Waals surface area contributed by atoms with E-state index in [1.165, 1.54) is 18.5 Å². The van der Waals surface area contributed by atoms with Gasteiger partial charge in [0, 0.05) is 30.5 Å². The van der Waals surface area contributed by atoms with Crippen LogP contribution in [0.2, 0.25) is 0 Å². The van der Waals surface area contributed by atoms with Gasteiger partial charge in [0.15, 0.2) is 11.9 Å². The standard InChI is InChI=1S/C24H28N5O/c1-3-4-6-14-29-24(25)22(17-27-29)26-16-19-15-20-8-5-7-13-28(20)23(19)18-9-11-21(30-2)12-10-18/h5,7-13,16-17H,3-4,6,14-15,25H2,1-2H3/q+1. The molecule has 3 aromatic rings. The lowest BCUT2D eigenvalue weighted by Gasteiger charge is -2.04. The van der Waals surface area contributed by atoms with E-state index in [4.69, 9.17) is 15.5 Å². The molecular formula is C24H28N5O+. The maximum atomic E-state index is 6.28. The Morgan fingerprint density at radius 1 is 1.20 bits per heavy atom. The van der Waals surface area contributed by atoms with Gasteiger partial charge in [-0.05, 0) is 30.7 Å². The topological polar surface area (TPSA) is 69.3 Å². The summed E-state index contributed by atoms with van der Waals surface area (Å²) in [5.74, 6) is 1.46. The van der Waals surface area contributed by atoms with Gasteiger partial charge in [-0.25, -0.2) is 4.68 Å². The first-order valence-corrected chi connectivity index (χ1v) is 10.4. The van der Waals surface area contributed by atoms with Crippen LogP contribution in [-0.2, 0) is 13.0 Å². The summed E-state index contributed by atoms with van der Waals surface area (Å²) in [6.07, 6.45) is 10.0. The predicted molar refractivity (Wildman–Crippen MR) is 120 cm³/mol. The number of methoxy groups -OCH3 is 1. The third-order valence-electron chi connectivity index (χ3n) is 5.42. The number of nitrogen functional groups attached to an aromatic ring is 1. The number of nitrogens with zero attached hydrogens (tertiary/aromatic N) is 4. The number of fused-ring (bicyclic) bond motifs is 1. The highest BCUT2D eigenvalue weighted by Gasteiger charge is 2.30. The number of rotatable bonds is 8. The summed E-state index contributed by atoms with van der Waals surface area (Å²) in [5.41, 5.74) is 11.6. The van der Waals surface area contributed by atoms with Crippen LogP contribution in [0.5, 0.6) is 5.75 Å². The second kappa shape index (κ2) is 8.95. The zero-order valence-corrected chi connectivity index (χ0v) is 17.6. The molecule has 6 nitrogen and oxygen atoms in total. The average Bonchev–Trinajstić information content (AvgIpc) is 3.32. The van der Waals surface area contributed by atoms with Crippen LogP contribution in [0.3, 0.4) is 0 Å². The number of benzene rings is 1. The minimum absolute atomic E-state index is 0.622. The number of pyridine rings is 1. The molecule has 0 atom stereocenters. The lowest BCUT2D eigenvalue weighted by atomic mass is 10.1. The van der Waals surface area contributed by atoms with Crippen LogP contribution >= 0.6 is 0 Å². The van der Waals surface area contributed by atoms with Crippen molar-refractivity contribution in [2.24, 2.45) is 4.99 Å². The number of hydrogen-bond acceptors (Lipinski definition) is 4. The van der Waals surface area contributed by atoms with Crippen LogP contribution in [0.15, 0.2) is 65.4 Å². The molecule has 1 aliphatic rings. The minimum atomic E-state index is 0.622. The van der Waals surface area contributed by atoms with Crippen molar-refractivity contribution < 1.29 is 9.30 Å². The Kier molecular flexibility index (Phi) is 5.93. The maximum Gasteiger partial charge on any atom is 0.223 e. The lowest BCUT2D eigenvalue weighted by Crippen LogP contribution is -2.33. The number of unbranched alkanes of at least 4 members (excludes halogenated alkanes) is 2. The van der Waals surface area contributed by atoms with Crippen LogP contribution in [0, 0.1) is 0 Å². The smallest absolute Gasteiger partial charge is 0.223 e. The SMILES string of the molecule is CCCCCn1ncc(N=CC2=C(c3ccc(OC)cc3)[n+]3ccccc3C2)c1N. The van der Waals surface area contributed by atoms with E-state index in [1.807, 2.05) is 29.1 Å². The van der Waals surface area contributed by atoms with Gasteiger partial charge in [0.25, 0.3) is 0 Å². The molecule has 2 N–H and O–H groups in total. The molecule has 0 saturated heterocycles. The Balaban J connectivity index is 1.65. The van der Waals surface area contributed by atoms with E-state index < -0.39 is 0 Å². The monoisotopic (exact) mass is 402 g/mol. The minimum Gasteiger partial charge on any atom is -0.497 e. The molecule has 30 heavy (non-hydrogen) atoms. The van der Waals surface area contributed by atoms with Gasteiger partial charge in [0.1, 0.15) is 17.3 Å². The van der Waals surface area contributed by atoms with Crippen LogP contribution in [0.1, 0.15) is 37.4 Å². The largest absolute Gasteiger partial charge is 0.497 e. The molecule has 1 aliphatic heterocycles. The van der Waals surface area contributed by atoms with E-state index >= 15 is 0 Å². The number of aryl methyl sites for hydroxylation is 1. The van der Waals surface area contributed by atoms with E-state index in [-0.39, 0.29) is 0 Å². The van der Waals surface area contributed by atoms with Gasteiger partial charge < -0.3 is 10.5 Å². The fourth-order valence-electron chi connectivity index (χ4n) is 3.78. The van der Waals surface area contributed by atoms with Crippen molar-refractivity contribution in [2.45, 2.75) is 39.2 Å². The highest BCUT2D eigenvalue weighted by atomic mass is 16.5. The van der Waals surface area contributed by atoms with Crippen molar-refractivity contribution >= 4 is 23.4 Å². The molecule has 4 rings (SSSR count). The molecule has 0 saturated carbocycles. The Morgan fingerprint density at radius 2 is 2.03 bits per heavy atom. The number of ether oxygens (including phenoxy) is 1. The highest BCUT2D eigenvalue weighted by Crippen LogP contribution is 2.27. The highest BCUT2D eigenvalue weighted by molar-refractivity contribution is 5.92. The number of anilines is 1. The predicted octanol–water partition coefficient (Wildman–Crippen LogP) is 4.17. The van der Waals surface area contributed by atoms with Gasteiger partial charge in [-0.3, -0.25) is 4.99 Å². The number of allylic oxidation sites excluding steroid dienone is 1. The number of aromatic nitrogens is 3. The van der Waals surface area contributed by atoms with E-state index in [0.29, 0.717) is 11.5 Å². The molecule has 154 valence electrons. The molecule has 6 heteroatoms. The molecule has 0 unspecified atom stereocenters. The van der Waals surface area contributed by atoms with Crippen LogP contribution in [0.4, 0.5) is 11.5 Å². The number of aliphatic imine (C=N–C) groups is 1. The summed E-state index contributed by atoms with van der Waals surface area (Å²) in [7, 11) is 1.68. The van der Waals surface area contributed by atoms with Gasteiger partial charge >= 0.3 is 0 Å². The van der Waals surface area contributed by atoms with E-state index in [1.54, 1.807) is 13.3 Å². The molecule has 2 aromatic heterocycles. The van der Waals surface area contributed by atoms with E-state index in [0.717, 1.165) is 42.0 Å². The second-order valence-electron chi connectivity index (χ2n) is 7.44. The van der Waals surface area contributed by atoms with Crippen LogP contribution in [-0.4, -0.2) is 23.1 Å². The Hall–Kier alpha value is -3.41. The summed E-state index contributed by atoms with van der Waals surface area (Å²) in [6.45, 7) is 3.02. The quantitative estimate of drug-likeness (QED) is 0.349. The normalized spacial score (nSPS) is 13.3. The van der Waals surface area contributed by atoms with E-state index in [9.17, 15) is 0 Å². The maximum absolute atomic E-state index is 6.28. The first-order chi connectivity index (χ1) is 14.7. The van der Waals surface area contributed by atoms with Crippen molar-refractivity contribution in [1.82, 2.24) is 9.78 Å². The first-order valence-electron chi connectivity index (χ1n) is 10.4. The summed E-state index contributed by atoms with van der Waals surface area (Å²) in [6, 6.07) is 14.4. The van der Waals surface area contributed by atoms with Crippen molar-refractivity contribution in [3.8, 4) is 5.75 Å². The van der Waals surface area contributed by atoms with Crippen LogP contribution < -0.4 is 15.0 Å². The Morgan fingerprint density at radius 3 is 2.80 bits per heavy atom. The fourth-order valence-corrected chi connectivity index (χ4v) is 3.78. The van der Waals surface area contributed by atoms with Gasteiger partial charge in [0.05, 0.1) is 25.3 Å². The van der Waals surface area contributed by atoms with Crippen molar-refractivity contribution in [3.63, 3.8) is 0 Å². The third-order valence-corrected chi connectivity index (χ3v) is 5.42. The van der Waals surface area contributed by atoms with Crippen molar-refractivity contribution in [3.05, 3.63) is 71.7 Å². The Bertz CT molecular complexity index is 1080. The summed E-state index contributed by atoms with van der Waals surface area (Å²) >= 11 is 0. The summed E-state index contributed by atoms with van der Waals surface area (Å²) < 4.78 is 9.38. The molecule has 0 aliphatic carbocycles. The van der Waals surface area contributed by atoms with Gasteiger partial charge in [-0.2, -0.15) is 9.67 Å². The van der Waals surface area contributed by atoms with Crippen LogP contribution in [0.25, 0.3) is 5.70 Å². The first kappa shape index (κ1) is 19.9. The third kappa shape index (κ3) is 3.99. The van der Waals surface area contributed by atoms with E-state index in [2.05, 4.69) is 47.1 Å². The van der Waals surface area contributed by atoms with Gasteiger partial charge in [-0.15, -0.1) is 0 Å². The van der Waals surface area contributed by atoms with Gasteiger partial charge in [0.2, 0.25) is 5.70 Å². The summed E-state index contributed by atoms with van der Waals surface area (Å²) in [5, 5.41) is 4.41. The molecule has 0 bridgehead atoms. The zero-order chi connectivity index (χ0) is 20.9. The molecule has 3 heterocycles. The molecule has 1 aromatic carbocycles. The zero-order valence-electron chi connectivity index (χ0n) is 17.6. The lowest BCUT2D eigenvalue weighted by molar-refractivity contribution is -0.582. The second-order valence-corrected chi connectivity index (χ2v) is 7.44. The average molecular weight is 403 g/mol. The molecule has 0 fully saturated rings. The molecule has 0 amide bonds.